The normalized spacial score (nSPS) is 17.1. The number of hydrogen-bond donors (Lipinski definition) is 1. The lowest BCUT2D eigenvalue weighted by Gasteiger charge is -2.28. The number of methoxy groups -OCH3 is 1. The van der Waals surface area contributed by atoms with Gasteiger partial charge in [0.2, 0.25) is 0 Å². The predicted octanol–water partition coefficient (Wildman–Crippen LogP) is 6.24. The molecule has 1 fully saturated rings. The van der Waals surface area contributed by atoms with E-state index >= 15 is 0 Å². The maximum absolute atomic E-state index is 11.3. The number of nitro groups is 1. The van der Waals surface area contributed by atoms with E-state index in [1.165, 1.54) is 19.2 Å². The second kappa shape index (κ2) is 9.84. The fourth-order valence-corrected chi connectivity index (χ4v) is 5.44. The first-order valence-corrected chi connectivity index (χ1v) is 12.4. The van der Waals surface area contributed by atoms with Gasteiger partial charge in [-0.15, -0.1) is 0 Å². The van der Waals surface area contributed by atoms with Crippen molar-refractivity contribution in [3.8, 4) is 11.4 Å². The molecular weight excluding hydrogens is 510 g/mol. The number of halogens is 1. The molecule has 10 heteroatoms. The van der Waals surface area contributed by atoms with E-state index in [4.69, 9.17) is 28.6 Å². The summed E-state index contributed by atoms with van der Waals surface area (Å²) < 4.78 is 7.60. The Labute approximate surface area is 224 Å². The number of hydrogen-bond acceptors (Lipinski definition) is 5. The van der Waals surface area contributed by atoms with Crippen LogP contribution in [0.25, 0.3) is 5.69 Å². The molecule has 0 saturated carbocycles. The number of ether oxygens (including phenoxy) is 1. The van der Waals surface area contributed by atoms with Crippen LogP contribution in [-0.2, 0) is 0 Å². The summed E-state index contributed by atoms with van der Waals surface area (Å²) in [6.45, 7) is 4.03. The van der Waals surface area contributed by atoms with Crippen molar-refractivity contribution >= 4 is 40.3 Å². The van der Waals surface area contributed by atoms with Gasteiger partial charge in [0.15, 0.2) is 5.11 Å². The van der Waals surface area contributed by atoms with E-state index in [0.29, 0.717) is 15.9 Å². The Balaban J connectivity index is 1.68. The summed E-state index contributed by atoms with van der Waals surface area (Å²) in [4.78, 5) is 17.6. The highest BCUT2D eigenvalue weighted by Gasteiger charge is 2.42. The van der Waals surface area contributed by atoms with E-state index in [1.54, 1.807) is 12.3 Å². The highest BCUT2D eigenvalue weighted by molar-refractivity contribution is 7.80. The van der Waals surface area contributed by atoms with Crippen LogP contribution in [0.15, 0.2) is 72.9 Å². The Morgan fingerprint density at radius 2 is 1.86 bits per heavy atom. The van der Waals surface area contributed by atoms with Crippen LogP contribution < -0.4 is 15.0 Å². The molecule has 37 heavy (non-hydrogen) atoms. The molecule has 0 bridgehead atoms. The second-order valence-electron chi connectivity index (χ2n) is 8.75. The first kappa shape index (κ1) is 24.7. The molecule has 1 aliphatic heterocycles. The van der Waals surface area contributed by atoms with Crippen LogP contribution in [0.1, 0.15) is 34.7 Å². The number of aryl methyl sites for hydroxylation is 1. The first-order valence-electron chi connectivity index (χ1n) is 11.6. The minimum atomic E-state index is -0.431. The zero-order chi connectivity index (χ0) is 26.3. The molecule has 2 aromatic carbocycles. The number of thiocarbonyl (C=S) groups is 1. The van der Waals surface area contributed by atoms with Gasteiger partial charge in [-0.1, -0.05) is 17.7 Å². The molecule has 0 radical (unpaired) electrons. The summed E-state index contributed by atoms with van der Waals surface area (Å²) in [6.07, 6.45) is 1.77. The van der Waals surface area contributed by atoms with Crippen molar-refractivity contribution in [1.82, 2.24) is 14.9 Å². The van der Waals surface area contributed by atoms with Crippen molar-refractivity contribution < 1.29 is 9.66 Å². The van der Waals surface area contributed by atoms with Gasteiger partial charge in [0.05, 0.1) is 41.6 Å². The number of non-ortho nitro benzene ring substituents is 1. The van der Waals surface area contributed by atoms with Crippen molar-refractivity contribution in [3.05, 3.63) is 111 Å². The van der Waals surface area contributed by atoms with E-state index in [0.717, 1.165) is 34.0 Å². The number of nitrogens with one attached hydrogen (secondary N) is 1. The largest absolute Gasteiger partial charge is 0.494 e. The number of anilines is 1. The predicted molar refractivity (Wildman–Crippen MR) is 148 cm³/mol. The van der Waals surface area contributed by atoms with Gasteiger partial charge in [0.25, 0.3) is 5.69 Å². The van der Waals surface area contributed by atoms with Gasteiger partial charge in [-0.25, -0.2) is 0 Å². The molecule has 4 aromatic rings. The average Bonchev–Trinajstić information content (AvgIpc) is 3.39. The van der Waals surface area contributed by atoms with Crippen molar-refractivity contribution in [3.63, 3.8) is 0 Å². The van der Waals surface area contributed by atoms with Crippen LogP contribution in [0.2, 0.25) is 5.02 Å². The maximum atomic E-state index is 11.3. The highest BCUT2D eigenvalue weighted by atomic mass is 35.5. The molecule has 2 aromatic heterocycles. The maximum Gasteiger partial charge on any atom is 0.273 e. The van der Waals surface area contributed by atoms with Crippen molar-refractivity contribution in [2.24, 2.45) is 0 Å². The fraction of sp³-hybridized carbons (Fsp3) is 0.185. The Bertz CT molecular complexity index is 1490. The molecule has 8 nitrogen and oxygen atoms in total. The number of rotatable bonds is 6. The Morgan fingerprint density at radius 1 is 1.11 bits per heavy atom. The van der Waals surface area contributed by atoms with Gasteiger partial charge in [0.1, 0.15) is 5.75 Å². The van der Waals surface area contributed by atoms with Crippen LogP contribution in [0, 0.1) is 24.0 Å². The van der Waals surface area contributed by atoms with Gasteiger partial charge >= 0.3 is 0 Å². The Hall–Kier alpha value is -3.95. The lowest BCUT2D eigenvalue weighted by Crippen LogP contribution is -2.29. The molecule has 2 atom stereocenters. The van der Waals surface area contributed by atoms with Crippen LogP contribution in [-0.4, -0.2) is 26.7 Å². The highest BCUT2D eigenvalue weighted by Crippen LogP contribution is 2.44. The number of benzene rings is 2. The third-order valence-corrected chi connectivity index (χ3v) is 7.17. The van der Waals surface area contributed by atoms with E-state index in [-0.39, 0.29) is 17.8 Å². The van der Waals surface area contributed by atoms with Gasteiger partial charge in [0, 0.05) is 34.4 Å². The minimum absolute atomic E-state index is 0.0299. The monoisotopic (exact) mass is 533 g/mol. The lowest BCUT2D eigenvalue weighted by molar-refractivity contribution is -0.384. The molecule has 0 spiro atoms. The topological polar surface area (TPSA) is 85.5 Å². The molecule has 1 saturated heterocycles. The first-order chi connectivity index (χ1) is 17.8. The van der Waals surface area contributed by atoms with Crippen LogP contribution in [0.3, 0.4) is 0 Å². The summed E-state index contributed by atoms with van der Waals surface area (Å²) in [5, 5.41) is 16.0. The van der Waals surface area contributed by atoms with Crippen molar-refractivity contribution in [2.75, 3.05) is 12.0 Å². The average molecular weight is 534 g/mol. The zero-order valence-corrected chi connectivity index (χ0v) is 22.0. The van der Waals surface area contributed by atoms with Crippen LogP contribution >= 0.6 is 23.8 Å². The summed E-state index contributed by atoms with van der Waals surface area (Å²) in [5.41, 5.74) is 5.41. The molecule has 1 aliphatic rings. The quantitative estimate of drug-likeness (QED) is 0.178. The van der Waals surface area contributed by atoms with Crippen LogP contribution in [0.4, 0.5) is 11.4 Å². The molecule has 0 unspecified atom stereocenters. The summed E-state index contributed by atoms with van der Waals surface area (Å²) in [6, 6.07) is 19.7. The van der Waals surface area contributed by atoms with Crippen molar-refractivity contribution in [1.29, 1.82) is 0 Å². The summed E-state index contributed by atoms with van der Waals surface area (Å²) in [5.74, 6) is 0.415. The molecule has 5 rings (SSSR count). The zero-order valence-electron chi connectivity index (χ0n) is 20.4. The molecule has 188 valence electrons. The van der Waals surface area contributed by atoms with Gasteiger partial charge in [-0.2, -0.15) is 0 Å². The standard InChI is InChI=1S/C27H24ClN5O3S/c1-16-14-21(17(2)31(16)23-12-11-20(33(34)35)15-24(23)36-3)26-25(22-6-4-5-13-29-22)30-27(37)32(26)19-9-7-18(28)8-10-19/h4-15,25-26H,1-3H3,(H,30,37)/t25-,26+/m1/s1. The molecule has 1 N–H and O–H groups in total. The summed E-state index contributed by atoms with van der Waals surface area (Å²) >= 11 is 12.0. The van der Waals surface area contributed by atoms with Gasteiger partial charge in [-0.05, 0) is 80.2 Å². The Morgan fingerprint density at radius 3 is 2.51 bits per heavy atom. The third kappa shape index (κ3) is 4.41. The molecular formula is C27H24ClN5O3S. The summed E-state index contributed by atoms with van der Waals surface area (Å²) in [7, 11) is 1.51. The van der Waals surface area contributed by atoms with Crippen LogP contribution in [0.5, 0.6) is 5.75 Å². The van der Waals surface area contributed by atoms with Gasteiger partial charge in [-0.3, -0.25) is 15.1 Å². The minimum Gasteiger partial charge on any atom is -0.494 e. The van der Waals surface area contributed by atoms with Gasteiger partial charge < -0.3 is 19.5 Å². The number of aromatic nitrogens is 2. The van der Waals surface area contributed by atoms with E-state index < -0.39 is 4.92 Å². The fourth-order valence-electron chi connectivity index (χ4n) is 4.97. The van der Waals surface area contributed by atoms with E-state index in [2.05, 4.69) is 25.8 Å². The Kier molecular flexibility index (Phi) is 6.57. The molecule has 3 heterocycles. The lowest BCUT2D eigenvalue weighted by atomic mass is 9.96. The third-order valence-electron chi connectivity index (χ3n) is 6.61. The molecule has 0 aliphatic carbocycles. The van der Waals surface area contributed by atoms with Crippen molar-refractivity contribution in [2.45, 2.75) is 25.9 Å². The number of nitrogens with zero attached hydrogens (tertiary/aromatic N) is 4. The SMILES string of the molecule is COc1cc([N+](=O)[O-])ccc1-n1c(C)cc([C@H]2[C@@H](c3ccccn3)NC(=S)N2c2ccc(Cl)cc2)c1C. The van der Waals surface area contributed by atoms with E-state index in [9.17, 15) is 10.1 Å². The number of pyridine rings is 1. The number of nitro benzene ring substituents is 1. The van der Waals surface area contributed by atoms with E-state index in [1.807, 2.05) is 56.3 Å². The molecule has 0 amide bonds. The second-order valence-corrected chi connectivity index (χ2v) is 9.57. The smallest absolute Gasteiger partial charge is 0.273 e.